The van der Waals surface area contributed by atoms with E-state index in [0.717, 1.165) is 6.08 Å². The Balaban J connectivity index is 2.91. The molecule has 0 fully saturated rings. The maximum Gasteiger partial charge on any atom is 0.137 e. The Morgan fingerprint density at radius 2 is 2.29 bits per heavy atom. The summed E-state index contributed by atoms with van der Waals surface area (Å²) in [7, 11) is 1.51. The van der Waals surface area contributed by atoms with Crippen LogP contribution in [-0.2, 0) is 4.79 Å². The third-order valence-electron chi connectivity index (χ3n) is 1.59. The summed E-state index contributed by atoms with van der Waals surface area (Å²) in [5.41, 5.74) is 0.681. The van der Waals surface area contributed by atoms with Gasteiger partial charge in [0.2, 0.25) is 0 Å². The van der Waals surface area contributed by atoms with Crippen LogP contribution >= 0.6 is 11.6 Å². The second kappa shape index (κ2) is 4.67. The molecular formula is C10H8ClO3-. The minimum absolute atomic E-state index is 0.438. The van der Waals surface area contributed by atoms with Gasteiger partial charge in [-0.1, -0.05) is 23.7 Å². The molecule has 0 unspecified atom stereocenters. The molecule has 0 atom stereocenters. The molecule has 0 saturated carbocycles. The summed E-state index contributed by atoms with van der Waals surface area (Å²) in [6.07, 6.45) is 2.35. The van der Waals surface area contributed by atoms with Gasteiger partial charge in [-0.3, -0.25) is 0 Å². The molecule has 0 aliphatic carbocycles. The van der Waals surface area contributed by atoms with Crippen LogP contribution in [0.15, 0.2) is 24.3 Å². The number of carbonyl (C=O) groups excluding carboxylic acids is 1. The fourth-order valence-corrected chi connectivity index (χ4v) is 1.22. The van der Waals surface area contributed by atoms with Crippen LogP contribution in [0, 0.1) is 0 Å². The number of aliphatic carboxylic acids is 1. The van der Waals surface area contributed by atoms with E-state index in [2.05, 4.69) is 0 Å². The van der Waals surface area contributed by atoms with Gasteiger partial charge in [-0.05, 0) is 23.8 Å². The van der Waals surface area contributed by atoms with Gasteiger partial charge in [0.15, 0.2) is 0 Å². The zero-order valence-electron chi connectivity index (χ0n) is 7.49. The van der Waals surface area contributed by atoms with E-state index in [-0.39, 0.29) is 0 Å². The highest BCUT2D eigenvalue weighted by Gasteiger charge is 1.98. The molecule has 14 heavy (non-hydrogen) atoms. The number of halogens is 1. The second-order valence-electron chi connectivity index (χ2n) is 2.55. The highest BCUT2D eigenvalue weighted by molar-refractivity contribution is 6.32. The van der Waals surface area contributed by atoms with Gasteiger partial charge in [-0.2, -0.15) is 0 Å². The highest BCUT2D eigenvalue weighted by Crippen LogP contribution is 2.25. The smallest absolute Gasteiger partial charge is 0.137 e. The number of rotatable bonds is 3. The maximum atomic E-state index is 10.1. The van der Waals surface area contributed by atoms with Crippen LogP contribution in [0.2, 0.25) is 5.02 Å². The first kappa shape index (κ1) is 10.6. The van der Waals surface area contributed by atoms with Crippen molar-refractivity contribution >= 4 is 23.6 Å². The average Bonchev–Trinajstić information content (AvgIpc) is 2.15. The van der Waals surface area contributed by atoms with E-state index in [4.69, 9.17) is 16.3 Å². The molecule has 0 heterocycles. The molecule has 4 heteroatoms. The fraction of sp³-hybridized carbons (Fsp3) is 0.100. The van der Waals surface area contributed by atoms with Crippen molar-refractivity contribution in [3.63, 3.8) is 0 Å². The first-order valence-corrected chi connectivity index (χ1v) is 4.24. The monoisotopic (exact) mass is 211 g/mol. The normalized spacial score (nSPS) is 10.4. The van der Waals surface area contributed by atoms with Crippen molar-refractivity contribution in [3.8, 4) is 5.75 Å². The summed E-state index contributed by atoms with van der Waals surface area (Å²) in [5, 5.41) is 10.6. The van der Waals surface area contributed by atoms with Crippen LogP contribution in [0.25, 0.3) is 6.08 Å². The van der Waals surface area contributed by atoms with E-state index in [0.29, 0.717) is 16.3 Å². The average molecular weight is 212 g/mol. The molecule has 0 spiro atoms. The van der Waals surface area contributed by atoms with E-state index < -0.39 is 5.97 Å². The first-order valence-electron chi connectivity index (χ1n) is 3.86. The number of hydrogen-bond donors (Lipinski definition) is 0. The lowest BCUT2D eigenvalue weighted by Crippen LogP contribution is -2.18. The molecular weight excluding hydrogens is 204 g/mol. The van der Waals surface area contributed by atoms with Crippen LogP contribution in [0.1, 0.15) is 5.56 Å². The minimum Gasteiger partial charge on any atom is -0.545 e. The SMILES string of the molecule is COc1ccc(/C=C/C(=O)[O-])cc1Cl. The van der Waals surface area contributed by atoms with Crippen molar-refractivity contribution in [2.24, 2.45) is 0 Å². The lowest BCUT2D eigenvalue weighted by Gasteiger charge is -2.02. The zero-order chi connectivity index (χ0) is 10.6. The third-order valence-corrected chi connectivity index (χ3v) is 1.88. The summed E-state index contributed by atoms with van der Waals surface area (Å²) in [6, 6.07) is 4.97. The number of hydrogen-bond acceptors (Lipinski definition) is 3. The van der Waals surface area contributed by atoms with Gasteiger partial charge >= 0.3 is 0 Å². The predicted octanol–water partition coefficient (Wildman–Crippen LogP) is 1.11. The molecule has 1 aromatic carbocycles. The molecule has 1 aromatic rings. The third kappa shape index (κ3) is 2.78. The molecule has 0 N–H and O–H groups in total. The fourth-order valence-electron chi connectivity index (χ4n) is 0.951. The van der Waals surface area contributed by atoms with Crippen molar-refractivity contribution < 1.29 is 14.6 Å². The molecule has 0 aromatic heterocycles. The summed E-state index contributed by atoms with van der Waals surface area (Å²) in [5.74, 6) is -0.686. The molecule has 0 saturated heterocycles. The van der Waals surface area contributed by atoms with Crippen LogP contribution in [0.4, 0.5) is 0 Å². The number of carboxylic acid groups (broad SMARTS) is 1. The zero-order valence-corrected chi connectivity index (χ0v) is 8.25. The Morgan fingerprint density at radius 1 is 1.57 bits per heavy atom. The van der Waals surface area contributed by atoms with Gasteiger partial charge in [0, 0.05) is 0 Å². The van der Waals surface area contributed by atoms with Crippen molar-refractivity contribution in [1.82, 2.24) is 0 Å². The maximum absolute atomic E-state index is 10.1. The van der Waals surface area contributed by atoms with Crippen LogP contribution < -0.4 is 9.84 Å². The van der Waals surface area contributed by atoms with E-state index in [1.54, 1.807) is 18.2 Å². The van der Waals surface area contributed by atoms with E-state index in [9.17, 15) is 9.90 Å². The van der Waals surface area contributed by atoms with Crippen molar-refractivity contribution in [1.29, 1.82) is 0 Å². The molecule has 0 bridgehead atoms. The Kier molecular flexibility index (Phi) is 3.54. The topological polar surface area (TPSA) is 49.4 Å². The van der Waals surface area contributed by atoms with Crippen molar-refractivity contribution in [2.45, 2.75) is 0 Å². The van der Waals surface area contributed by atoms with Crippen LogP contribution in [0.3, 0.4) is 0 Å². The molecule has 0 amide bonds. The highest BCUT2D eigenvalue weighted by atomic mass is 35.5. The standard InChI is InChI=1S/C10H9ClO3/c1-14-9-4-2-7(6-8(9)11)3-5-10(12)13/h2-6H,1H3,(H,12,13)/p-1/b5-3+. The van der Waals surface area contributed by atoms with Crippen molar-refractivity contribution in [3.05, 3.63) is 34.9 Å². The van der Waals surface area contributed by atoms with Gasteiger partial charge in [0.05, 0.1) is 18.1 Å². The predicted molar refractivity (Wildman–Crippen MR) is 52.0 cm³/mol. The molecule has 0 aliphatic heterocycles. The van der Waals surface area contributed by atoms with Gasteiger partial charge in [-0.15, -0.1) is 0 Å². The summed E-state index contributed by atoms with van der Waals surface area (Å²) in [6.45, 7) is 0. The Hall–Kier alpha value is -1.48. The van der Waals surface area contributed by atoms with Gasteiger partial charge in [0.1, 0.15) is 5.75 Å². The second-order valence-corrected chi connectivity index (χ2v) is 2.95. The number of benzene rings is 1. The lowest BCUT2D eigenvalue weighted by molar-refractivity contribution is -0.297. The lowest BCUT2D eigenvalue weighted by atomic mass is 10.2. The number of methoxy groups -OCH3 is 1. The van der Waals surface area contributed by atoms with E-state index >= 15 is 0 Å². The largest absolute Gasteiger partial charge is 0.545 e. The molecule has 3 nitrogen and oxygen atoms in total. The summed E-state index contributed by atoms with van der Waals surface area (Å²) < 4.78 is 4.94. The summed E-state index contributed by atoms with van der Waals surface area (Å²) >= 11 is 5.82. The van der Waals surface area contributed by atoms with Gasteiger partial charge in [-0.25, -0.2) is 0 Å². The minimum atomic E-state index is -1.24. The van der Waals surface area contributed by atoms with Crippen LogP contribution in [-0.4, -0.2) is 13.1 Å². The van der Waals surface area contributed by atoms with Gasteiger partial charge < -0.3 is 14.6 Å². The number of carboxylic acids is 1. The number of carbonyl (C=O) groups is 1. The first-order chi connectivity index (χ1) is 6.63. The van der Waals surface area contributed by atoms with E-state index in [1.807, 2.05) is 0 Å². The molecule has 0 radical (unpaired) electrons. The van der Waals surface area contributed by atoms with Crippen molar-refractivity contribution in [2.75, 3.05) is 7.11 Å². The Morgan fingerprint density at radius 3 is 2.79 bits per heavy atom. The van der Waals surface area contributed by atoms with Gasteiger partial charge in [0.25, 0.3) is 0 Å². The summed E-state index contributed by atoms with van der Waals surface area (Å²) in [4.78, 5) is 10.1. The number of ether oxygens (including phenoxy) is 1. The Labute approximate surface area is 86.6 Å². The molecule has 0 aliphatic rings. The Bertz CT molecular complexity index is 372. The quantitative estimate of drug-likeness (QED) is 0.704. The molecule has 1 rings (SSSR count). The van der Waals surface area contributed by atoms with Crippen LogP contribution in [0.5, 0.6) is 5.75 Å². The van der Waals surface area contributed by atoms with E-state index in [1.165, 1.54) is 13.2 Å². The molecule has 74 valence electrons.